The van der Waals surface area contributed by atoms with E-state index < -0.39 is 0 Å². The van der Waals surface area contributed by atoms with Gasteiger partial charge < -0.3 is 9.47 Å². The number of hydrogen-bond acceptors (Lipinski definition) is 3. The number of benzene rings is 3. The number of allylic oxidation sites excluding steroid dienone is 1. The third kappa shape index (κ3) is 4.53. The molecule has 0 saturated carbocycles. The van der Waals surface area contributed by atoms with E-state index in [2.05, 4.69) is 6.07 Å². The second-order valence-corrected chi connectivity index (χ2v) is 7.92. The van der Waals surface area contributed by atoms with Crippen LogP contribution in [-0.2, 0) is 16.0 Å². The molecule has 1 aliphatic rings. The van der Waals surface area contributed by atoms with E-state index in [1.807, 2.05) is 56.3 Å². The zero-order chi connectivity index (χ0) is 22.0. The number of ether oxygens (including phenoxy) is 2. The molecule has 4 rings (SSSR count). The summed E-state index contributed by atoms with van der Waals surface area (Å²) in [6, 6.07) is 19.1. The van der Waals surface area contributed by atoms with Gasteiger partial charge in [-0.3, -0.25) is 0 Å². The Bertz CT molecular complexity index is 1150. The number of halogens is 1. The monoisotopic (exact) mass is 416 g/mol. The van der Waals surface area contributed by atoms with Crippen LogP contribution >= 0.6 is 0 Å². The van der Waals surface area contributed by atoms with Crippen LogP contribution in [-0.4, -0.2) is 13.1 Å². The van der Waals surface area contributed by atoms with E-state index in [0.29, 0.717) is 5.56 Å². The van der Waals surface area contributed by atoms with Gasteiger partial charge in [-0.25, -0.2) is 9.18 Å². The summed E-state index contributed by atoms with van der Waals surface area (Å²) in [5.74, 6) is 0.239. The van der Waals surface area contributed by atoms with Gasteiger partial charge in [-0.05, 0) is 72.7 Å². The number of rotatable bonds is 4. The van der Waals surface area contributed by atoms with Crippen LogP contribution in [0.5, 0.6) is 5.75 Å². The predicted molar refractivity (Wildman–Crippen MR) is 120 cm³/mol. The van der Waals surface area contributed by atoms with Crippen molar-refractivity contribution in [2.24, 2.45) is 0 Å². The predicted octanol–water partition coefficient (Wildman–Crippen LogP) is 6.44. The molecule has 0 aromatic heterocycles. The molecule has 158 valence electrons. The highest BCUT2D eigenvalue weighted by molar-refractivity contribution is 5.91. The van der Waals surface area contributed by atoms with Gasteiger partial charge in [0.15, 0.2) is 0 Å². The van der Waals surface area contributed by atoms with Crippen molar-refractivity contribution in [1.29, 1.82) is 0 Å². The van der Waals surface area contributed by atoms with Crippen LogP contribution in [0.1, 0.15) is 41.7 Å². The van der Waals surface area contributed by atoms with Crippen molar-refractivity contribution >= 4 is 11.5 Å². The van der Waals surface area contributed by atoms with Crippen molar-refractivity contribution in [3.05, 3.63) is 94.8 Å². The highest BCUT2D eigenvalue weighted by atomic mass is 19.1. The molecule has 31 heavy (non-hydrogen) atoms. The summed E-state index contributed by atoms with van der Waals surface area (Å²) in [5.41, 5.74) is 6.46. The summed E-state index contributed by atoms with van der Waals surface area (Å²) in [7, 11) is 1.37. The van der Waals surface area contributed by atoms with Crippen LogP contribution in [0.3, 0.4) is 0 Å². The zero-order valence-electron chi connectivity index (χ0n) is 17.9. The number of fused-ring (bicyclic) bond motifs is 1. The van der Waals surface area contributed by atoms with Crippen molar-refractivity contribution in [2.45, 2.75) is 32.8 Å². The van der Waals surface area contributed by atoms with Gasteiger partial charge in [0.1, 0.15) is 17.7 Å². The first kappa shape index (κ1) is 20.9. The van der Waals surface area contributed by atoms with Crippen LogP contribution in [0.15, 0.2) is 66.7 Å². The Morgan fingerprint density at radius 3 is 2.61 bits per heavy atom. The first-order valence-corrected chi connectivity index (χ1v) is 10.4. The normalized spacial score (nSPS) is 15.7. The molecule has 4 heteroatoms. The summed E-state index contributed by atoms with van der Waals surface area (Å²) >= 11 is 0. The molecule has 1 unspecified atom stereocenters. The van der Waals surface area contributed by atoms with Crippen LogP contribution in [0, 0.1) is 12.7 Å². The molecular formula is C27H25FO3. The van der Waals surface area contributed by atoms with Gasteiger partial charge in [0.2, 0.25) is 0 Å². The van der Waals surface area contributed by atoms with Gasteiger partial charge >= 0.3 is 5.97 Å². The highest BCUT2D eigenvalue weighted by Crippen LogP contribution is 2.37. The minimum absolute atomic E-state index is 0.0657. The Morgan fingerprint density at radius 1 is 1.10 bits per heavy atom. The lowest BCUT2D eigenvalue weighted by Gasteiger charge is -2.27. The molecule has 1 atom stereocenters. The molecule has 0 bridgehead atoms. The molecule has 1 aliphatic heterocycles. The van der Waals surface area contributed by atoms with Crippen molar-refractivity contribution < 1.29 is 18.7 Å². The van der Waals surface area contributed by atoms with E-state index in [4.69, 9.17) is 9.47 Å². The average Bonchev–Trinajstić information content (AvgIpc) is 2.80. The van der Waals surface area contributed by atoms with E-state index in [9.17, 15) is 9.18 Å². The van der Waals surface area contributed by atoms with Crippen LogP contribution in [0.25, 0.3) is 16.7 Å². The molecule has 0 amide bonds. The molecule has 0 saturated heterocycles. The number of hydrogen-bond donors (Lipinski definition) is 0. The lowest BCUT2D eigenvalue weighted by Crippen LogP contribution is -2.15. The minimum atomic E-state index is -0.376. The van der Waals surface area contributed by atoms with E-state index in [1.165, 1.54) is 19.3 Å². The van der Waals surface area contributed by atoms with E-state index in [1.54, 1.807) is 6.07 Å². The number of esters is 1. The summed E-state index contributed by atoms with van der Waals surface area (Å²) in [6.07, 6.45) is 3.20. The molecule has 3 aromatic rings. The summed E-state index contributed by atoms with van der Waals surface area (Å²) in [4.78, 5) is 11.5. The van der Waals surface area contributed by atoms with Gasteiger partial charge in [-0.1, -0.05) is 48.0 Å². The summed E-state index contributed by atoms with van der Waals surface area (Å²) in [6.45, 7) is 3.84. The Labute approximate surface area is 182 Å². The quantitative estimate of drug-likeness (QED) is 0.362. The van der Waals surface area contributed by atoms with Crippen molar-refractivity contribution in [2.75, 3.05) is 7.11 Å². The maximum atomic E-state index is 14.2. The fourth-order valence-corrected chi connectivity index (χ4v) is 3.91. The molecule has 0 N–H and O–H groups in total. The number of carbonyl (C=O) groups is 1. The van der Waals surface area contributed by atoms with Crippen molar-refractivity contribution in [3.8, 4) is 16.9 Å². The average molecular weight is 416 g/mol. The number of carbonyl (C=O) groups excluding carboxylic acids is 1. The maximum absolute atomic E-state index is 14.2. The van der Waals surface area contributed by atoms with Crippen LogP contribution in [0.4, 0.5) is 4.39 Å². The third-order valence-electron chi connectivity index (χ3n) is 5.72. The Balaban J connectivity index is 1.56. The first-order chi connectivity index (χ1) is 14.9. The number of methoxy groups -OCH3 is 1. The lowest BCUT2D eigenvalue weighted by molar-refractivity contribution is -0.134. The summed E-state index contributed by atoms with van der Waals surface area (Å²) < 4.78 is 25.2. The molecule has 0 fully saturated rings. The van der Waals surface area contributed by atoms with E-state index >= 15 is 0 Å². The maximum Gasteiger partial charge on any atom is 0.330 e. The third-order valence-corrected chi connectivity index (χ3v) is 5.72. The van der Waals surface area contributed by atoms with Crippen LogP contribution in [0.2, 0.25) is 0 Å². The molecular weight excluding hydrogens is 391 g/mol. The van der Waals surface area contributed by atoms with Gasteiger partial charge in [-0.15, -0.1) is 0 Å². The molecule has 0 spiro atoms. The molecule has 0 aliphatic carbocycles. The molecule has 3 aromatic carbocycles. The molecule has 3 nitrogen and oxygen atoms in total. The lowest BCUT2D eigenvalue weighted by atomic mass is 9.94. The summed E-state index contributed by atoms with van der Waals surface area (Å²) in [5, 5.41) is 0. The Kier molecular flexibility index (Phi) is 5.90. The fourth-order valence-electron chi connectivity index (χ4n) is 3.91. The second kappa shape index (κ2) is 8.76. The van der Waals surface area contributed by atoms with Crippen molar-refractivity contribution in [1.82, 2.24) is 0 Å². The van der Waals surface area contributed by atoms with E-state index in [-0.39, 0.29) is 17.9 Å². The first-order valence-electron chi connectivity index (χ1n) is 10.4. The SMILES string of the molecule is COC(=O)/C=C(\C)c1ccc2c(c1)OC(c1ccc(-c3cc(C)ccc3F)cc1)CC2. The van der Waals surface area contributed by atoms with Gasteiger partial charge in [0, 0.05) is 11.6 Å². The largest absolute Gasteiger partial charge is 0.485 e. The highest BCUT2D eigenvalue weighted by Gasteiger charge is 2.22. The van der Waals surface area contributed by atoms with E-state index in [0.717, 1.165) is 52.0 Å². The minimum Gasteiger partial charge on any atom is -0.485 e. The van der Waals surface area contributed by atoms with Gasteiger partial charge in [-0.2, -0.15) is 0 Å². The topological polar surface area (TPSA) is 35.5 Å². The van der Waals surface area contributed by atoms with Crippen LogP contribution < -0.4 is 4.74 Å². The second-order valence-electron chi connectivity index (χ2n) is 7.92. The zero-order valence-corrected chi connectivity index (χ0v) is 17.9. The standard InChI is InChI=1S/C27H25FO3/c1-17-4-12-24(28)23(14-17)19-5-7-20(8-6-19)25-13-11-21-9-10-22(16-26(21)31-25)18(2)15-27(29)30-3/h4-10,12,14-16,25H,11,13H2,1-3H3/b18-15+. The van der Waals surface area contributed by atoms with Gasteiger partial charge in [0.25, 0.3) is 0 Å². The van der Waals surface area contributed by atoms with Crippen molar-refractivity contribution in [3.63, 3.8) is 0 Å². The smallest absolute Gasteiger partial charge is 0.330 e. The van der Waals surface area contributed by atoms with Gasteiger partial charge in [0.05, 0.1) is 7.11 Å². The number of aryl methyl sites for hydroxylation is 2. The Hall–Kier alpha value is -3.40. The Morgan fingerprint density at radius 2 is 1.87 bits per heavy atom. The fraction of sp³-hybridized carbons (Fsp3) is 0.222. The molecule has 1 heterocycles. The molecule has 0 radical (unpaired) electrons.